The van der Waals surface area contributed by atoms with Gasteiger partial charge in [-0.15, -0.1) is 12.4 Å². The molecule has 2 aromatic rings. The molecular weight excluding hydrogens is 274 g/mol. The number of fused-ring (bicyclic) bond motifs is 1. The molecule has 5 heteroatoms. The van der Waals surface area contributed by atoms with Crippen molar-refractivity contribution in [2.24, 2.45) is 0 Å². The molecule has 0 bridgehead atoms. The zero-order valence-electron chi connectivity index (χ0n) is 11.7. The van der Waals surface area contributed by atoms with Gasteiger partial charge in [0.15, 0.2) is 0 Å². The van der Waals surface area contributed by atoms with E-state index in [-0.39, 0.29) is 24.4 Å². The van der Waals surface area contributed by atoms with Gasteiger partial charge in [-0.25, -0.2) is 0 Å². The van der Waals surface area contributed by atoms with Gasteiger partial charge in [0.25, 0.3) is 5.91 Å². The number of hydrogen-bond donors (Lipinski definition) is 3. The van der Waals surface area contributed by atoms with Gasteiger partial charge < -0.3 is 15.6 Å². The summed E-state index contributed by atoms with van der Waals surface area (Å²) in [5, 5.41) is 7.47. The monoisotopic (exact) mass is 293 g/mol. The van der Waals surface area contributed by atoms with Crippen LogP contribution in [0.3, 0.4) is 0 Å². The van der Waals surface area contributed by atoms with Crippen molar-refractivity contribution in [3.05, 3.63) is 35.0 Å². The Hall–Kier alpha value is -1.52. The van der Waals surface area contributed by atoms with Crippen LogP contribution in [0.1, 0.15) is 28.0 Å². The molecule has 108 valence electrons. The van der Waals surface area contributed by atoms with E-state index in [1.165, 1.54) is 5.56 Å². The summed E-state index contributed by atoms with van der Waals surface area (Å²) < 4.78 is 0. The van der Waals surface area contributed by atoms with Gasteiger partial charge in [-0.05, 0) is 44.5 Å². The van der Waals surface area contributed by atoms with Crippen LogP contribution in [0.2, 0.25) is 0 Å². The Kier molecular flexibility index (Phi) is 4.35. The normalized spacial score (nSPS) is 18.0. The van der Waals surface area contributed by atoms with E-state index < -0.39 is 0 Å². The van der Waals surface area contributed by atoms with Crippen LogP contribution in [0.5, 0.6) is 0 Å². The summed E-state index contributed by atoms with van der Waals surface area (Å²) in [4.78, 5) is 15.5. The van der Waals surface area contributed by atoms with Crippen LogP contribution < -0.4 is 10.6 Å². The molecule has 1 fully saturated rings. The smallest absolute Gasteiger partial charge is 0.268 e. The van der Waals surface area contributed by atoms with Crippen LogP contribution >= 0.6 is 12.4 Å². The zero-order chi connectivity index (χ0) is 13.4. The first-order valence-corrected chi connectivity index (χ1v) is 6.75. The van der Waals surface area contributed by atoms with Crippen LogP contribution in [0, 0.1) is 13.8 Å². The molecule has 0 spiro atoms. The van der Waals surface area contributed by atoms with Crippen LogP contribution in [0.25, 0.3) is 10.9 Å². The maximum Gasteiger partial charge on any atom is 0.268 e. The highest BCUT2D eigenvalue weighted by Crippen LogP contribution is 2.22. The van der Waals surface area contributed by atoms with Crippen molar-refractivity contribution in [2.45, 2.75) is 26.3 Å². The number of amides is 1. The van der Waals surface area contributed by atoms with Crippen molar-refractivity contribution in [3.63, 3.8) is 0 Å². The van der Waals surface area contributed by atoms with Crippen molar-refractivity contribution in [2.75, 3.05) is 13.1 Å². The number of halogens is 1. The van der Waals surface area contributed by atoms with Crippen LogP contribution in [0.15, 0.2) is 18.2 Å². The van der Waals surface area contributed by atoms with Crippen LogP contribution in [-0.4, -0.2) is 30.0 Å². The lowest BCUT2D eigenvalue weighted by atomic mass is 10.1. The summed E-state index contributed by atoms with van der Waals surface area (Å²) in [5.74, 6) is 0.0000491. The second-order valence-corrected chi connectivity index (χ2v) is 5.34. The lowest BCUT2D eigenvalue weighted by molar-refractivity contribution is 0.0935. The van der Waals surface area contributed by atoms with Gasteiger partial charge in [-0.1, -0.05) is 11.6 Å². The SMILES string of the molecule is Cc1ccc2[nH]c(C(=O)N[C@@H]3CCNC3)c(C)c2c1.Cl. The van der Waals surface area contributed by atoms with E-state index >= 15 is 0 Å². The molecule has 1 atom stereocenters. The van der Waals surface area contributed by atoms with Crippen LogP contribution in [0.4, 0.5) is 0 Å². The van der Waals surface area contributed by atoms with Gasteiger partial charge in [-0.3, -0.25) is 4.79 Å². The Bertz CT molecular complexity index is 629. The van der Waals surface area contributed by atoms with E-state index in [9.17, 15) is 4.79 Å². The number of H-pyrrole nitrogens is 1. The van der Waals surface area contributed by atoms with Crippen LogP contribution in [-0.2, 0) is 0 Å². The minimum atomic E-state index is 0. The van der Waals surface area contributed by atoms with E-state index in [1.807, 2.05) is 13.0 Å². The molecule has 1 aromatic heterocycles. The number of benzene rings is 1. The van der Waals surface area contributed by atoms with Crippen molar-refractivity contribution in [1.29, 1.82) is 0 Å². The second kappa shape index (κ2) is 5.85. The van der Waals surface area contributed by atoms with Gasteiger partial charge in [-0.2, -0.15) is 0 Å². The first kappa shape index (κ1) is 14.9. The fraction of sp³-hybridized carbons (Fsp3) is 0.400. The van der Waals surface area contributed by atoms with Crippen molar-refractivity contribution in [1.82, 2.24) is 15.6 Å². The highest BCUT2D eigenvalue weighted by Gasteiger charge is 2.20. The quantitative estimate of drug-likeness (QED) is 0.796. The van der Waals surface area contributed by atoms with Gasteiger partial charge in [0.2, 0.25) is 0 Å². The van der Waals surface area contributed by atoms with Gasteiger partial charge in [0.1, 0.15) is 5.69 Å². The number of hydrogen-bond acceptors (Lipinski definition) is 2. The lowest BCUT2D eigenvalue weighted by Crippen LogP contribution is -2.36. The topological polar surface area (TPSA) is 56.9 Å². The van der Waals surface area contributed by atoms with E-state index in [1.54, 1.807) is 0 Å². The van der Waals surface area contributed by atoms with Gasteiger partial charge in [0, 0.05) is 23.5 Å². The van der Waals surface area contributed by atoms with Crippen molar-refractivity contribution >= 4 is 29.2 Å². The largest absolute Gasteiger partial charge is 0.350 e. The van der Waals surface area contributed by atoms with Gasteiger partial charge in [0.05, 0.1) is 0 Å². The minimum absolute atomic E-state index is 0. The lowest BCUT2D eigenvalue weighted by Gasteiger charge is -2.10. The molecule has 4 nitrogen and oxygen atoms in total. The maximum absolute atomic E-state index is 12.3. The predicted molar refractivity (Wildman–Crippen MR) is 83.8 cm³/mol. The molecule has 1 amide bonds. The summed E-state index contributed by atoms with van der Waals surface area (Å²) in [6.45, 7) is 5.91. The third kappa shape index (κ3) is 2.67. The first-order chi connectivity index (χ1) is 9.15. The number of aromatic nitrogens is 1. The average molecular weight is 294 g/mol. The summed E-state index contributed by atoms with van der Waals surface area (Å²) in [6, 6.07) is 6.46. The van der Waals surface area contributed by atoms with Gasteiger partial charge >= 0.3 is 0 Å². The fourth-order valence-corrected chi connectivity index (χ4v) is 2.70. The Morgan fingerprint density at radius 2 is 2.15 bits per heavy atom. The number of aromatic amines is 1. The minimum Gasteiger partial charge on any atom is -0.350 e. The molecule has 3 rings (SSSR count). The first-order valence-electron chi connectivity index (χ1n) is 6.75. The van der Waals surface area contributed by atoms with E-state index in [2.05, 4.69) is 34.7 Å². The zero-order valence-corrected chi connectivity index (χ0v) is 12.6. The highest BCUT2D eigenvalue weighted by atomic mass is 35.5. The molecule has 0 unspecified atom stereocenters. The standard InChI is InChI=1S/C15H19N3O.ClH/c1-9-3-4-13-12(7-9)10(2)14(18-13)15(19)17-11-5-6-16-8-11;/h3-4,7,11,16,18H,5-6,8H2,1-2H3,(H,17,19);1H/t11-;/m1./s1. The highest BCUT2D eigenvalue weighted by molar-refractivity contribution is 6.01. The Morgan fingerprint density at radius 3 is 2.85 bits per heavy atom. The number of carbonyl (C=O) groups excluding carboxylic acids is 1. The summed E-state index contributed by atoms with van der Waals surface area (Å²) in [5.41, 5.74) is 3.95. The van der Waals surface area contributed by atoms with E-state index in [4.69, 9.17) is 0 Å². The average Bonchev–Trinajstić information content (AvgIpc) is 2.98. The fourth-order valence-electron chi connectivity index (χ4n) is 2.70. The number of nitrogens with one attached hydrogen (secondary N) is 3. The summed E-state index contributed by atoms with van der Waals surface area (Å²) in [7, 11) is 0. The second-order valence-electron chi connectivity index (χ2n) is 5.34. The predicted octanol–water partition coefficient (Wildman–Crippen LogP) is 2.30. The van der Waals surface area contributed by atoms with E-state index in [0.29, 0.717) is 5.69 Å². The molecule has 1 aliphatic rings. The molecule has 1 saturated heterocycles. The molecule has 0 radical (unpaired) electrons. The molecule has 1 aromatic carbocycles. The van der Waals surface area contributed by atoms with Crippen molar-refractivity contribution < 1.29 is 4.79 Å². The van der Waals surface area contributed by atoms with Crippen molar-refractivity contribution in [3.8, 4) is 0 Å². The van der Waals surface area contributed by atoms with E-state index in [0.717, 1.165) is 36.0 Å². The molecule has 0 aliphatic carbocycles. The maximum atomic E-state index is 12.3. The Morgan fingerprint density at radius 1 is 1.35 bits per heavy atom. The molecule has 20 heavy (non-hydrogen) atoms. The molecular formula is C15H20ClN3O. The molecule has 1 aliphatic heterocycles. The third-order valence-corrected chi connectivity index (χ3v) is 3.84. The summed E-state index contributed by atoms with van der Waals surface area (Å²) in [6.07, 6.45) is 1.00. The third-order valence-electron chi connectivity index (χ3n) is 3.84. The Balaban J connectivity index is 0.00000147. The summed E-state index contributed by atoms with van der Waals surface area (Å²) >= 11 is 0. The number of rotatable bonds is 2. The number of aryl methyl sites for hydroxylation is 2. The molecule has 2 heterocycles. The Labute approximate surface area is 124 Å². The molecule has 0 saturated carbocycles. The molecule has 3 N–H and O–H groups in total. The number of carbonyl (C=O) groups is 1.